The fraction of sp³-hybridized carbons (Fsp3) is 0.650. The fourth-order valence-electron chi connectivity index (χ4n) is 3.09. The van der Waals surface area contributed by atoms with Gasteiger partial charge in [-0.3, -0.25) is 9.89 Å². The third-order valence-corrected chi connectivity index (χ3v) is 4.80. The Hall–Kier alpha value is -1.31. The molecule has 1 aromatic carbocycles. The minimum Gasteiger partial charge on any atom is -0.406 e. The van der Waals surface area contributed by atoms with Crippen molar-refractivity contribution in [1.82, 2.24) is 15.5 Å². The van der Waals surface area contributed by atoms with Crippen LogP contribution in [0.2, 0.25) is 0 Å². The summed E-state index contributed by atoms with van der Waals surface area (Å²) in [5.41, 5.74) is 0.334. The van der Waals surface area contributed by atoms with E-state index < -0.39 is 12.5 Å². The topological polar surface area (TPSA) is 78.4 Å². The van der Waals surface area contributed by atoms with Gasteiger partial charge in [0.2, 0.25) is 0 Å². The molecule has 11 heteroatoms. The molecular weight excluding hydrogens is 528 g/mol. The lowest BCUT2D eigenvalue weighted by atomic mass is 10.0. The predicted molar refractivity (Wildman–Crippen MR) is 124 cm³/mol. The van der Waals surface area contributed by atoms with E-state index in [2.05, 4.69) is 39.1 Å². The maximum Gasteiger partial charge on any atom is 0.573 e. The summed E-state index contributed by atoms with van der Waals surface area (Å²) in [4.78, 5) is 6.97. The number of benzene rings is 1. The zero-order valence-corrected chi connectivity index (χ0v) is 20.4. The molecule has 1 aliphatic heterocycles. The van der Waals surface area contributed by atoms with Crippen LogP contribution in [0.1, 0.15) is 32.4 Å². The van der Waals surface area contributed by atoms with Crippen molar-refractivity contribution in [2.24, 2.45) is 4.99 Å². The second-order valence-corrected chi connectivity index (χ2v) is 7.62. The normalized spacial score (nSPS) is 16.9. The molecule has 0 bridgehead atoms. The molecule has 0 saturated carbocycles. The molecule has 0 aromatic heterocycles. The number of rotatable bonds is 8. The Morgan fingerprint density at radius 2 is 1.81 bits per heavy atom. The number of morpholine rings is 1. The maximum absolute atomic E-state index is 12.2. The Labute approximate surface area is 198 Å². The van der Waals surface area contributed by atoms with Crippen LogP contribution in [0, 0.1) is 0 Å². The first-order chi connectivity index (χ1) is 14.1. The molecule has 0 amide bonds. The molecule has 1 atom stereocenters. The van der Waals surface area contributed by atoms with Crippen molar-refractivity contribution >= 4 is 29.9 Å². The summed E-state index contributed by atoms with van der Waals surface area (Å²) >= 11 is 0. The minimum atomic E-state index is -4.74. The second kappa shape index (κ2) is 12.7. The van der Waals surface area contributed by atoms with Gasteiger partial charge in [-0.1, -0.05) is 12.1 Å². The number of ether oxygens (including phenoxy) is 2. The van der Waals surface area contributed by atoms with Gasteiger partial charge in [0.05, 0.1) is 25.9 Å². The lowest BCUT2D eigenvalue weighted by Gasteiger charge is -2.39. The first-order valence-corrected chi connectivity index (χ1v) is 9.99. The number of hydrogen-bond acceptors (Lipinski definition) is 5. The summed E-state index contributed by atoms with van der Waals surface area (Å²) in [6.45, 7) is 10.7. The van der Waals surface area contributed by atoms with Gasteiger partial charge < -0.3 is 25.2 Å². The number of hydrogen-bond donors (Lipinski definition) is 3. The van der Waals surface area contributed by atoms with Crippen molar-refractivity contribution in [2.75, 3.05) is 45.9 Å². The summed E-state index contributed by atoms with van der Waals surface area (Å²) < 4.78 is 46.0. The molecule has 1 unspecified atom stereocenters. The third kappa shape index (κ3) is 9.79. The smallest absolute Gasteiger partial charge is 0.406 e. The van der Waals surface area contributed by atoms with E-state index in [-0.39, 0.29) is 41.8 Å². The molecular formula is C20H32F3IN4O3. The van der Waals surface area contributed by atoms with E-state index in [1.54, 1.807) is 0 Å². The Morgan fingerprint density at radius 3 is 2.35 bits per heavy atom. The van der Waals surface area contributed by atoms with E-state index in [1.165, 1.54) is 24.3 Å². The molecule has 2 rings (SSSR count). The summed E-state index contributed by atoms with van der Waals surface area (Å²) in [5, 5.41) is 16.6. The molecule has 1 saturated heterocycles. The van der Waals surface area contributed by atoms with Crippen LogP contribution < -0.4 is 15.4 Å². The van der Waals surface area contributed by atoms with Crippen LogP contribution in [-0.2, 0) is 4.74 Å². The fourth-order valence-corrected chi connectivity index (χ4v) is 3.09. The van der Waals surface area contributed by atoms with Gasteiger partial charge in [-0.2, -0.15) is 0 Å². The monoisotopic (exact) mass is 560 g/mol. The molecule has 178 valence electrons. The average molecular weight is 560 g/mol. The highest BCUT2D eigenvalue weighted by Gasteiger charge is 2.31. The van der Waals surface area contributed by atoms with Gasteiger partial charge in [0.1, 0.15) is 5.75 Å². The number of alkyl halides is 3. The van der Waals surface area contributed by atoms with Crippen LogP contribution in [0.5, 0.6) is 5.75 Å². The lowest BCUT2D eigenvalue weighted by Crippen LogP contribution is -2.52. The van der Waals surface area contributed by atoms with Crippen LogP contribution in [0.25, 0.3) is 0 Å². The maximum atomic E-state index is 12.2. The Bertz CT molecular complexity index is 681. The van der Waals surface area contributed by atoms with E-state index in [1.807, 2.05) is 6.92 Å². The number of aliphatic hydroxyl groups excluding tert-OH is 1. The molecule has 0 aliphatic carbocycles. The number of nitrogens with zero attached hydrogens (tertiary/aromatic N) is 2. The first-order valence-electron chi connectivity index (χ1n) is 9.99. The van der Waals surface area contributed by atoms with Crippen molar-refractivity contribution in [3.63, 3.8) is 0 Å². The van der Waals surface area contributed by atoms with Crippen molar-refractivity contribution in [1.29, 1.82) is 0 Å². The summed E-state index contributed by atoms with van der Waals surface area (Å²) in [7, 11) is 0. The van der Waals surface area contributed by atoms with Gasteiger partial charge in [-0.15, -0.1) is 37.1 Å². The van der Waals surface area contributed by atoms with Crippen molar-refractivity contribution < 1.29 is 27.8 Å². The summed E-state index contributed by atoms with van der Waals surface area (Å²) in [6.07, 6.45) is -5.66. The molecule has 1 aromatic rings. The predicted octanol–water partition coefficient (Wildman–Crippen LogP) is 2.90. The van der Waals surface area contributed by atoms with Gasteiger partial charge >= 0.3 is 6.36 Å². The van der Waals surface area contributed by atoms with Crippen LogP contribution in [0.3, 0.4) is 0 Å². The zero-order chi connectivity index (χ0) is 22.2. The van der Waals surface area contributed by atoms with Crippen molar-refractivity contribution in [3.05, 3.63) is 29.8 Å². The van der Waals surface area contributed by atoms with E-state index in [9.17, 15) is 18.3 Å². The highest BCUT2D eigenvalue weighted by atomic mass is 127. The van der Waals surface area contributed by atoms with Crippen LogP contribution in [-0.4, -0.2) is 73.8 Å². The molecule has 1 heterocycles. The van der Waals surface area contributed by atoms with Gasteiger partial charge in [0, 0.05) is 31.7 Å². The Morgan fingerprint density at radius 1 is 1.19 bits per heavy atom. The third-order valence-electron chi connectivity index (χ3n) is 4.80. The minimum absolute atomic E-state index is 0. The van der Waals surface area contributed by atoms with Crippen molar-refractivity contribution in [3.8, 4) is 5.75 Å². The number of guanidine groups is 1. The molecule has 1 fully saturated rings. The van der Waals surface area contributed by atoms with E-state index in [0.717, 1.165) is 13.1 Å². The first kappa shape index (κ1) is 27.7. The van der Waals surface area contributed by atoms with Crippen LogP contribution in [0.15, 0.2) is 29.3 Å². The van der Waals surface area contributed by atoms with Gasteiger partial charge in [0.15, 0.2) is 5.96 Å². The summed E-state index contributed by atoms with van der Waals surface area (Å²) in [6, 6.07) is 5.16. The number of aliphatic imine (C=N–C) groups is 1. The van der Waals surface area contributed by atoms with Crippen molar-refractivity contribution in [2.45, 2.75) is 38.8 Å². The molecule has 31 heavy (non-hydrogen) atoms. The average Bonchev–Trinajstić information content (AvgIpc) is 2.70. The van der Waals surface area contributed by atoms with Gasteiger partial charge in [-0.25, -0.2) is 0 Å². The number of aliphatic hydroxyl groups is 1. The number of nitrogens with one attached hydrogen (secondary N) is 2. The van der Waals surface area contributed by atoms with Crippen LogP contribution >= 0.6 is 24.0 Å². The Balaban J connectivity index is 0.00000480. The molecule has 1 aliphatic rings. The highest BCUT2D eigenvalue weighted by molar-refractivity contribution is 14.0. The van der Waals surface area contributed by atoms with Gasteiger partial charge in [0.25, 0.3) is 0 Å². The molecule has 7 nitrogen and oxygen atoms in total. The number of halogens is 4. The Kier molecular flexibility index (Phi) is 11.3. The molecule has 0 radical (unpaired) electrons. The quantitative estimate of drug-likeness (QED) is 0.258. The highest BCUT2D eigenvalue weighted by Crippen LogP contribution is 2.24. The largest absolute Gasteiger partial charge is 0.573 e. The zero-order valence-electron chi connectivity index (χ0n) is 18.0. The molecule has 0 spiro atoms. The summed E-state index contributed by atoms with van der Waals surface area (Å²) in [5.74, 6) is 0.238. The SMILES string of the molecule is CCNC(=NCC(C)(C)N1CCOCC1)NCC(O)c1ccc(OC(F)(F)F)cc1.I. The molecule has 3 N–H and O–H groups in total. The lowest BCUT2D eigenvalue weighted by molar-refractivity contribution is -0.274. The second-order valence-electron chi connectivity index (χ2n) is 7.62. The van der Waals surface area contributed by atoms with Crippen LogP contribution in [0.4, 0.5) is 13.2 Å². The van der Waals surface area contributed by atoms with E-state index in [0.29, 0.717) is 37.8 Å². The van der Waals surface area contributed by atoms with E-state index >= 15 is 0 Å². The van der Waals surface area contributed by atoms with E-state index in [4.69, 9.17) is 4.74 Å². The standard InChI is InChI=1S/C20H31F3N4O3.HI/c1-4-24-18(26-14-19(2,3)27-9-11-29-12-10-27)25-13-17(28)15-5-7-16(8-6-15)30-20(21,22)23;/h5-8,17,28H,4,9-14H2,1-3H3,(H2,24,25,26);1H. The van der Waals surface area contributed by atoms with Gasteiger partial charge in [-0.05, 0) is 38.5 Å².